The second kappa shape index (κ2) is 6.33. The van der Waals surface area contributed by atoms with E-state index in [4.69, 9.17) is 4.74 Å². The molecule has 0 bridgehead atoms. The van der Waals surface area contributed by atoms with Crippen molar-refractivity contribution in [1.82, 2.24) is 14.8 Å². The molecule has 102 valence electrons. The van der Waals surface area contributed by atoms with Crippen molar-refractivity contribution in [2.45, 2.75) is 39.0 Å². The highest BCUT2D eigenvalue weighted by Gasteiger charge is 2.20. The normalized spacial score (nSPS) is 14.2. The maximum absolute atomic E-state index is 11.6. The topological polar surface area (TPSA) is 59.9 Å². The highest BCUT2D eigenvalue weighted by molar-refractivity contribution is 5.13. The maximum atomic E-state index is 11.6. The van der Waals surface area contributed by atoms with Gasteiger partial charge in [0.2, 0.25) is 0 Å². The molecule has 19 heavy (non-hydrogen) atoms. The van der Waals surface area contributed by atoms with E-state index in [0.29, 0.717) is 6.61 Å². The SMILES string of the molecule is CC[C@@H]([C@H](C)OCc1ccccc1)n1nc[nH]c1=O. The van der Waals surface area contributed by atoms with Gasteiger partial charge >= 0.3 is 5.69 Å². The van der Waals surface area contributed by atoms with Crippen LogP contribution in [0.25, 0.3) is 0 Å². The summed E-state index contributed by atoms with van der Waals surface area (Å²) in [5.41, 5.74) is 0.931. The third-order valence-corrected chi connectivity index (χ3v) is 3.21. The lowest BCUT2D eigenvalue weighted by atomic mass is 10.1. The largest absolute Gasteiger partial charge is 0.372 e. The van der Waals surface area contributed by atoms with Crippen LogP contribution in [0.3, 0.4) is 0 Å². The van der Waals surface area contributed by atoms with Crippen LogP contribution in [-0.2, 0) is 11.3 Å². The third-order valence-electron chi connectivity index (χ3n) is 3.21. The van der Waals surface area contributed by atoms with Crippen molar-refractivity contribution in [2.24, 2.45) is 0 Å². The first-order chi connectivity index (χ1) is 9.22. The molecule has 1 aromatic carbocycles. The number of hydrogen-bond acceptors (Lipinski definition) is 3. The van der Waals surface area contributed by atoms with E-state index in [1.807, 2.05) is 44.2 Å². The van der Waals surface area contributed by atoms with Crippen molar-refractivity contribution in [3.8, 4) is 0 Å². The molecule has 2 rings (SSSR count). The summed E-state index contributed by atoms with van der Waals surface area (Å²) in [7, 11) is 0. The van der Waals surface area contributed by atoms with Crippen molar-refractivity contribution in [3.05, 3.63) is 52.7 Å². The van der Waals surface area contributed by atoms with Gasteiger partial charge in [-0.05, 0) is 18.9 Å². The fourth-order valence-electron chi connectivity index (χ4n) is 2.12. The number of aromatic nitrogens is 3. The minimum absolute atomic E-state index is 0.0533. The number of H-pyrrole nitrogens is 1. The van der Waals surface area contributed by atoms with Crippen molar-refractivity contribution in [3.63, 3.8) is 0 Å². The molecule has 0 aliphatic rings. The molecule has 1 heterocycles. The summed E-state index contributed by atoms with van der Waals surface area (Å²) in [5, 5.41) is 4.03. The number of rotatable bonds is 6. The molecule has 2 atom stereocenters. The minimum atomic E-state index is -0.193. The van der Waals surface area contributed by atoms with Gasteiger partial charge in [0.25, 0.3) is 0 Å². The van der Waals surface area contributed by atoms with Crippen LogP contribution in [0.15, 0.2) is 41.5 Å². The summed E-state index contributed by atoms with van der Waals surface area (Å²) in [6, 6.07) is 9.94. The lowest BCUT2D eigenvalue weighted by Crippen LogP contribution is -2.31. The van der Waals surface area contributed by atoms with Crippen molar-refractivity contribution in [2.75, 3.05) is 0 Å². The van der Waals surface area contributed by atoms with Crippen LogP contribution in [0.2, 0.25) is 0 Å². The summed E-state index contributed by atoms with van der Waals surface area (Å²) in [4.78, 5) is 14.1. The van der Waals surface area contributed by atoms with E-state index in [0.717, 1.165) is 12.0 Å². The van der Waals surface area contributed by atoms with E-state index < -0.39 is 0 Å². The predicted octanol–water partition coefficient (Wildman–Crippen LogP) is 2.13. The smallest absolute Gasteiger partial charge is 0.343 e. The van der Waals surface area contributed by atoms with Crippen LogP contribution in [0, 0.1) is 0 Å². The molecule has 0 fully saturated rings. The Morgan fingerprint density at radius 3 is 2.68 bits per heavy atom. The summed E-state index contributed by atoms with van der Waals surface area (Å²) in [6.07, 6.45) is 2.13. The first-order valence-electron chi connectivity index (χ1n) is 6.50. The van der Waals surface area contributed by atoms with Gasteiger partial charge in [-0.3, -0.25) is 4.98 Å². The summed E-state index contributed by atoms with van der Waals surface area (Å²) in [5.74, 6) is 0. The zero-order valence-electron chi connectivity index (χ0n) is 11.2. The van der Waals surface area contributed by atoms with Crippen LogP contribution < -0.4 is 5.69 Å². The number of benzene rings is 1. The monoisotopic (exact) mass is 261 g/mol. The van der Waals surface area contributed by atoms with E-state index in [-0.39, 0.29) is 17.8 Å². The van der Waals surface area contributed by atoms with Crippen LogP contribution in [0.1, 0.15) is 31.9 Å². The Hall–Kier alpha value is -1.88. The average molecular weight is 261 g/mol. The Morgan fingerprint density at radius 1 is 1.37 bits per heavy atom. The van der Waals surface area contributed by atoms with E-state index in [9.17, 15) is 4.79 Å². The Bertz CT molecular complexity index is 547. The van der Waals surface area contributed by atoms with Crippen molar-refractivity contribution in [1.29, 1.82) is 0 Å². The molecule has 5 nitrogen and oxygen atoms in total. The summed E-state index contributed by atoms with van der Waals surface area (Å²) < 4.78 is 7.30. The van der Waals surface area contributed by atoms with E-state index in [1.165, 1.54) is 11.0 Å². The lowest BCUT2D eigenvalue weighted by molar-refractivity contribution is 0.0118. The van der Waals surface area contributed by atoms with Gasteiger partial charge in [0.15, 0.2) is 0 Å². The molecular weight excluding hydrogens is 242 g/mol. The van der Waals surface area contributed by atoms with Gasteiger partial charge < -0.3 is 4.74 Å². The standard InChI is InChI=1S/C14H19N3O2/c1-3-13(17-14(18)15-10-16-17)11(2)19-9-12-7-5-4-6-8-12/h4-8,10-11,13H,3,9H2,1-2H3,(H,15,16,18)/t11-,13-/m0/s1. The van der Waals surface area contributed by atoms with Gasteiger partial charge in [-0.2, -0.15) is 5.10 Å². The quantitative estimate of drug-likeness (QED) is 0.866. The van der Waals surface area contributed by atoms with Gasteiger partial charge in [-0.1, -0.05) is 37.3 Å². The molecule has 0 radical (unpaired) electrons. The molecule has 1 N–H and O–H groups in total. The van der Waals surface area contributed by atoms with Gasteiger partial charge in [-0.15, -0.1) is 0 Å². The Balaban J connectivity index is 2.00. The van der Waals surface area contributed by atoms with Crippen molar-refractivity contribution < 1.29 is 4.74 Å². The molecule has 1 aromatic heterocycles. The Labute approximate surface area is 112 Å². The fourth-order valence-corrected chi connectivity index (χ4v) is 2.12. The molecule has 0 spiro atoms. The molecule has 5 heteroatoms. The molecule has 0 aliphatic heterocycles. The Morgan fingerprint density at radius 2 is 2.11 bits per heavy atom. The average Bonchev–Trinajstić information content (AvgIpc) is 2.85. The van der Waals surface area contributed by atoms with Crippen LogP contribution in [0.5, 0.6) is 0 Å². The van der Waals surface area contributed by atoms with Crippen LogP contribution in [0.4, 0.5) is 0 Å². The first kappa shape index (κ1) is 13.5. The Kier molecular flexibility index (Phi) is 4.52. The first-order valence-corrected chi connectivity index (χ1v) is 6.50. The number of nitrogens with one attached hydrogen (secondary N) is 1. The molecule has 2 aromatic rings. The zero-order chi connectivity index (χ0) is 13.7. The maximum Gasteiger partial charge on any atom is 0.343 e. The van der Waals surface area contributed by atoms with Crippen molar-refractivity contribution >= 4 is 0 Å². The van der Waals surface area contributed by atoms with Gasteiger partial charge in [0, 0.05) is 0 Å². The van der Waals surface area contributed by atoms with Crippen LogP contribution in [-0.4, -0.2) is 20.9 Å². The van der Waals surface area contributed by atoms with Crippen LogP contribution >= 0.6 is 0 Å². The minimum Gasteiger partial charge on any atom is -0.372 e. The fraction of sp³-hybridized carbons (Fsp3) is 0.429. The predicted molar refractivity (Wildman–Crippen MR) is 72.9 cm³/mol. The molecule has 0 aliphatic carbocycles. The molecule has 0 saturated heterocycles. The molecule has 0 saturated carbocycles. The number of hydrogen-bond donors (Lipinski definition) is 1. The number of ether oxygens (including phenoxy) is 1. The number of nitrogens with zero attached hydrogens (tertiary/aromatic N) is 2. The molecule has 0 amide bonds. The second-order valence-electron chi connectivity index (χ2n) is 4.52. The highest BCUT2D eigenvalue weighted by Crippen LogP contribution is 2.17. The number of aromatic amines is 1. The van der Waals surface area contributed by atoms with Gasteiger partial charge in [-0.25, -0.2) is 9.48 Å². The molecular formula is C14H19N3O2. The van der Waals surface area contributed by atoms with Gasteiger partial charge in [0.05, 0.1) is 18.8 Å². The lowest BCUT2D eigenvalue weighted by Gasteiger charge is -2.22. The van der Waals surface area contributed by atoms with E-state index in [2.05, 4.69) is 10.1 Å². The van der Waals surface area contributed by atoms with Gasteiger partial charge in [0.1, 0.15) is 6.33 Å². The van der Waals surface area contributed by atoms with E-state index in [1.54, 1.807) is 0 Å². The second-order valence-corrected chi connectivity index (χ2v) is 4.52. The van der Waals surface area contributed by atoms with E-state index >= 15 is 0 Å². The highest BCUT2D eigenvalue weighted by atomic mass is 16.5. The third kappa shape index (κ3) is 3.32. The summed E-state index contributed by atoms with van der Waals surface area (Å²) in [6.45, 7) is 4.53. The molecule has 0 unspecified atom stereocenters. The zero-order valence-corrected chi connectivity index (χ0v) is 11.2. The summed E-state index contributed by atoms with van der Waals surface area (Å²) >= 11 is 0.